The van der Waals surface area contributed by atoms with Crippen molar-refractivity contribution in [2.45, 2.75) is 26.3 Å². The third-order valence-corrected chi connectivity index (χ3v) is 4.91. The minimum Gasteiger partial charge on any atom is -0.479 e. The molecule has 1 aromatic rings. The summed E-state index contributed by atoms with van der Waals surface area (Å²) in [5.41, 5.74) is 0.438. The van der Waals surface area contributed by atoms with Crippen LogP contribution in [0, 0.1) is 5.92 Å². The second-order valence-corrected chi connectivity index (χ2v) is 7.74. The molecule has 0 radical (unpaired) electrons. The molecule has 22 heavy (non-hydrogen) atoms. The van der Waals surface area contributed by atoms with Crippen molar-refractivity contribution in [2.24, 2.45) is 5.92 Å². The molecule has 7 heteroatoms. The van der Waals surface area contributed by atoms with Gasteiger partial charge in [0.15, 0.2) is 15.9 Å². The summed E-state index contributed by atoms with van der Waals surface area (Å²) in [6, 6.07) is 7.09. The highest BCUT2D eigenvalue weighted by atomic mass is 32.2. The first-order valence-electron chi connectivity index (χ1n) is 6.99. The van der Waals surface area contributed by atoms with Crippen LogP contribution >= 0.6 is 0 Å². The van der Waals surface area contributed by atoms with E-state index in [0.29, 0.717) is 5.56 Å². The van der Waals surface area contributed by atoms with Gasteiger partial charge in [0, 0.05) is 6.42 Å². The van der Waals surface area contributed by atoms with Crippen LogP contribution in [0.5, 0.6) is 0 Å². The Morgan fingerprint density at radius 1 is 1.18 bits per heavy atom. The van der Waals surface area contributed by atoms with Crippen LogP contribution in [-0.2, 0) is 19.4 Å². The van der Waals surface area contributed by atoms with E-state index in [2.05, 4.69) is 5.32 Å². The summed E-state index contributed by atoms with van der Waals surface area (Å²) >= 11 is 0. The maximum absolute atomic E-state index is 11.8. The van der Waals surface area contributed by atoms with Crippen LogP contribution in [-0.4, -0.2) is 36.9 Å². The predicted molar refractivity (Wildman–Crippen MR) is 83.1 cm³/mol. The number of amides is 1. The average molecular weight is 327 g/mol. The van der Waals surface area contributed by atoms with Crippen LogP contribution in [0.2, 0.25) is 0 Å². The van der Waals surface area contributed by atoms with Gasteiger partial charge >= 0.3 is 5.97 Å². The van der Waals surface area contributed by atoms with Crippen LogP contribution < -0.4 is 5.32 Å². The van der Waals surface area contributed by atoms with Gasteiger partial charge in [-0.2, -0.15) is 0 Å². The van der Waals surface area contributed by atoms with Gasteiger partial charge in [0.25, 0.3) is 0 Å². The van der Waals surface area contributed by atoms with Crippen LogP contribution in [0.15, 0.2) is 30.3 Å². The number of aliphatic carboxylic acids is 1. The Labute approximate surface area is 130 Å². The number of rotatable bonds is 8. The Balaban J connectivity index is 2.64. The summed E-state index contributed by atoms with van der Waals surface area (Å²) in [5.74, 6) is -2.06. The summed E-state index contributed by atoms with van der Waals surface area (Å²) < 4.78 is 23.5. The molecule has 0 fully saturated rings. The number of benzene rings is 1. The maximum Gasteiger partial charge on any atom is 0.330 e. The van der Waals surface area contributed by atoms with E-state index in [9.17, 15) is 23.1 Å². The molecule has 0 bridgehead atoms. The third kappa shape index (κ3) is 6.26. The Kier molecular flexibility index (Phi) is 6.55. The first-order valence-corrected chi connectivity index (χ1v) is 8.81. The normalized spacial score (nSPS) is 12.9. The van der Waals surface area contributed by atoms with Crippen LogP contribution in [0.4, 0.5) is 0 Å². The highest BCUT2D eigenvalue weighted by molar-refractivity contribution is 7.91. The van der Waals surface area contributed by atoms with E-state index in [1.165, 1.54) is 0 Å². The number of carbonyl (C=O) groups excluding carboxylic acids is 1. The Morgan fingerprint density at radius 2 is 1.77 bits per heavy atom. The molecule has 1 atom stereocenters. The molecular weight excluding hydrogens is 306 g/mol. The van der Waals surface area contributed by atoms with Crippen molar-refractivity contribution < 1.29 is 23.1 Å². The van der Waals surface area contributed by atoms with Crippen LogP contribution in [0.3, 0.4) is 0 Å². The number of carboxylic acid groups (broad SMARTS) is 1. The lowest BCUT2D eigenvalue weighted by molar-refractivity contribution is -0.142. The number of hydrogen-bond donors (Lipinski definition) is 2. The van der Waals surface area contributed by atoms with Crippen molar-refractivity contribution in [1.29, 1.82) is 0 Å². The zero-order chi connectivity index (χ0) is 16.8. The van der Waals surface area contributed by atoms with E-state index in [1.54, 1.807) is 44.2 Å². The number of carboxylic acids is 1. The molecule has 0 heterocycles. The Bertz CT molecular complexity index is 610. The molecule has 1 amide bonds. The molecule has 6 nitrogen and oxygen atoms in total. The van der Waals surface area contributed by atoms with Gasteiger partial charge in [-0.3, -0.25) is 4.79 Å². The quantitative estimate of drug-likeness (QED) is 0.751. The second-order valence-electron chi connectivity index (χ2n) is 5.51. The lowest BCUT2D eigenvalue weighted by Gasteiger charge is -2.15. The summed E-state index contributed by atoms with van der Waals surface area (Å²) in [4.78, 5) is 23.1. The monoisotopic (exact) mass is 327 g/mol. The smallest absolute Gasteiger partial charge is 0.330 e. The van der Waals surface area contributed by atoms with E-state index in [0.717, 1.165) is 0 Å². The lowest BCUT2D eigenvalue weighted by atomic mass is 10.1. The predicted octanol–water partition coefficient (Wildman–Crippen LogP) is 1.39. The van der Waals surface area contributed by atoms with Crippen molar-refractivity contribution >= 4 is 21.7 Å². The van der Waals surface area contributed by atoms with Gasteiger partial charge in [-0.05, 0) is 11.5 Å². The summed E-state index contributed by atoms with van der Waals surface area (Å²) in [5, 5.41) is 11.5. The number of nitrogens with one attached hydrogen (secondary N) is 1. The third-order valence-electron chi connectivity index (χ3n) is 2.91. The van der Waals surface area contributed by atoms with Gasteiger partial charge in [-0.15, -0.1) is 0 Å². The molecule has 0 aromatic heterocycles. The molecule has 1 rings (SSSR count). The first-order chi connectivity index (χ1) is 10.2. The fourth-order valence-electron chi connectivity index (χ4n) is 2.01. The lowest BCUT2D eigenvalue weighted by Crippen LogP contribution is -2.34. The fourth-order valence-corrected chi connectivity index (χ4v) is 3.68. The number of carbonyl (C=O) groups is 2. The maximum atomic E-state index is 11.8. The zero-order valence-electron chi connectivity index (χ0n) is 12.7. The molecule has 0 unspecified atom stereocenters. The van der Waals surface area contributed by atoms with Crippen molar-refractivity contribution in [2.75, 3.05) is 11.5 Å². The molecule has 0 aliphatic carbocycles. The summed E-state index contributed by atoms with van der Waals surface area (Å²) in [6.45, 7) is 3.57. The molecule has 0 aliphatic heterocycles. The van der Waals surface area contributed by atoms with Crippen LogP contribution in [0.25, 0.3) is 0 Å². The molecule has 122 valence electrons. The van der Waals surface area contributed by atoms with E-state index in [-0.39, 0.29) is 23.8 Å². The number of sulfone groups is 1. The van der Waals surface area contributed by atoms with Gasteiger partial charge < -0.3 is 10.4 Å². The highest BCUT2D eigenvalue weighted by Gasteiger charge is 2.23. The van der Waals surface area contributed by atoms with Crippen molar-refractivity contribution in [3.8, 4) is 0 Å². The Morgan fingerprint density at radius 3 is 2.27 bits per heavy atom. The molecule has 0 spiro atoms. The molecule has 2 N–H and O–H groups in total. The van der Waals surface area contributed by atoms with Gasteiger partial charge in [0.2, 0.25) is 5.91 Å². The SMILES string of the molecule is CC(C)CS(=O)(=O)CCC(=O)N[C@H](C(=O)O)c1ccccc1. The minimum absolute atomic E-state index is 0.0100. The van der Waals surface area contributed by atoms with Gasteiger partial charge in [-0.1, -0.05) is 44.2 Å². The fraction of sp³-hybridized carbons (Fsp3) is 0.467. The van der Waals surface area contributed by atoms with Crippen molar-refractivity contribution in [3.63, 3.8) is 0 Å². The number of hydrogen-bond acceptors (Lipinski definition) is 4. The molecule has 0 saturated carbocycles. The topological polar surface area (TPSA) is 101 Å². The average Bonchev–Trinajstić information content (AvgIpc) is 2.42. The van der Waals surface area contributed by atoms with Crippen LogP contribution in [0.1, 0.15) is 31.9 Å². The minimum atomic E-state index is -3.30. The first kappa shape index (κ1) is 18.2. The van der Waals surface area contributed by atoms with Gasteiger partial charge in [0.1, 0.15) is 0 Å². The zero-order valence-corrected chi connectivity index (χ0v) is 13.5. The molecule has 0 aliphatic rings. The molecular formula is C15H21NO5S. The van der Waals surface area contributed by atoms with E-state index >= 15 is 0 Å². The molecule has 0 saturated heterocycles. The highest BCUT2D eigenvalue weighted by Crippen LogP contribution is 2.13. The summed E-state index contributed by atoms with van der Waals surface area (Å²) in [6.07, 6.45) is -0.244. The van der Waals surface area contributed by atoms with E-state index in [1.807, 2.05) is 0 Å². The molecule has 1 aromatic carbocycles. The van der Waals surface area contributed by atoms with E-state index < -0.39 is 27.8 Å². The van der Waals surface area contributed by atoms with Crippen molar-refractivity contribution in [3.05, 3.63) is 35.9 Å². The summed E-state index contributed by atoms with van der Waals surface area (Å²) in [7, 11) is -3.30. The second kappa shape index (κ2) is 7.93. The Hall–Kier alpha value is -1.89. The van der Waals surface area contributed by atoms with Crippen molar-refractivity contribution in [1.82, 2.24) is 5.32 Å². The standard InChI is InChI=1S/C15H21NO5S/c1-11(2)10-22(20,21)9-8-13(17)16-14(15(18)19)12-6-4-3-5-7-12/h3-7,11,14H,8-10H2,1-2H3,(H,16,17)(H,18,19)/t14-/m0/s1. The van der Waals surface area contributed by atoms with Gasteiger partial charge in [-0.25, -0.2) is 13.2 Å². The van der Waals surface area contributed by atoms with Gasteiger partial charge in [0.05, 0.1) is 11.5 Å². The van der Waals surface area contributed by atoms with E-state index in [4.69, 9.17) is 0 Å². The largest absolute Gasteiger partial charge is 0.479 e.